The molecular weight excluding hydrogens is 306 g/mol. The highest BCUT2D eigenvalue weighted by Gasteiger charge is 2.12. The summed E-state index contributed by atoms with van der Waals surface area (Å²) in [5.41, 5.74) is 1.67. The van der Waals surface area contributed by atoms with E-state index in [9.17, 15) is 18.7 Å². The minimum atomic E-state index is -2.90. The summed E-state index contributed by atoms with van der Waals surface area (Å²) in [6.07, 6.45) is 0.492. The van der Waals surface area contributed by atoms with Crippen LogP contribution in [0.5, 0.6) is 5.75 Å². The van der Waals surface area contributed by atoms with Crippen LogP contribution in [0.25, 0.3) is 0 Å². The van der Waals surface area contributed by atoms with Gasteiger partial charge in [0.15, 0.2) is 0 Å². The van der Waals surface area contributed by atoms with E-state index >= 15 is 0 Å². The fraction of sp³-hybridized carbons (Fsp3) is 0.250. The van der Waals surface area contributed by atoms with Crippen molar-refractivity contribution in [2.24, 2.45) is 0 Å². The lowest BCUT2D eigenvalue weighted by Gasteiger charge is -2.13. The Bertz CT molecular complexity index is 645. The molecule has 0 aliphatic heterocycles. The second-order valence-corrected chi connectivity index (χ2v) is 4.86. The third-order valence-electron chi connectivity index (χ3n) is 3.12. The van der Waals surface area contributed by atoms with Gasteiger partial charge in [-0.15, -0.1) is 0 Å². The number of alkyl halides is 2. The van der Waals surface area contributed by atoms with Crippen molar-refractivity contribution in [3.63, 3.8) is 0 Å². The van der Waals surface area contributed by atoms with E-state index < -0.39 is 12.7 Å². The van der Waals surface area contributed by atoms with Gasteiger partial charge in [-0.3, -0.25) is 9.78 Å². The molecule has 0 bridgehead atoms. The van der Waals surface area contributed by atoms with Crippen LogP contribution in [0.3, 0.4) is 0 Å². The van der Waals surface area contributed by atoms with E-state index in [4.69, 9.17) is 0 Å². The van der Waals surface area contributed by atoms with Crippen molar-refractivity contribution >= 4 is 5.91 Å². The standard InChI is InChI=1S/C16H16F2N2O3/c1-10-2-3-12(8-19-10)15(22)20-9-14(21)11-4-6-13(7-5-11)23-16(17)18/h2-8,14,16,21H,9H2,1H3,(H,20,22). The molecular formula is C16H16F2N2O3. The topological polar surface area (TPSA) is 71.5 Å². The molecule has 2 rings (SSSR count). The number of hydrogen-bond donors (Lipinski definition) is 2. The molecule has 0 saturated carbocycles. The van der Waals surface area contributed by atoms with Crippen molar-refractivity contribution in [3.05, 3.63) is 59.4 Å². The van der Waals surface area contributed by atoms with Crippen molar-refractivity contribution in [2.75, 3.05) is 6.54 Å². The summed E-state index contributed by atoms with van der Waals surface area (Å²) in [7, 11) is 0. The fourth-order valence-corrected chi connectivity index (χ4v) is 1.88. The second-order valence-electron chi connectivity index (χ2n) is 4.86. The van der Waals surface area contributed by atoms with E-state index in [-0.39, 0.29) is 18.2 Å². The summed E-state index contributed by atoms with van der Waals surface area (Å²) in [4.78, 5) is 15.9. The summed E-state index contributed by atoms with van der Waals surface area (Å²) in [6, 6.07) is 8.93. The van der Waals surface area contributed by atoms with Gasteiger partial charge < -0.3 is 15.2 Å². The van der Waals surface area contributed by atoms with Gasteiger partial charge >= 0.3 is 6.61 Å². The van der Waals surface area contributed by atoms with Gasteiger partial charge in [0.05, 0.1) is 11.7 Å². The van der Waals surface area contributed by atoms with E-state index in [1.54, 1.807) is 12.1 Å². The normalized spacial score (nSPS) is 12.0. The number of rotatable bonds is 6. The van der Waals surface area contributed by atoms with Gasteiger partial charge in [0.1, 0.15) is 5.75 Å². The Kier molecular flexibility index (Phi) is 5.59. The van der Waals surface area contributed by atoms with Crippen molar-refractivity contribution < 1.29 is 23.4 Å². The molecule has 2 aromatic rings. The molecule has 0 saturated heterocycles. The molecule has 0 radical (unpaired) electrons. The maximum absolute atomic E-state index is 12.1. The summed E-state index contributed by atoms with van der Waals surface area (Å²) in [5, 5.41) is 12.6. The maximum Gasteiger partial charge on any atom is 0.387 e. The Labute approximate surface area is 131 Å². The molecule has 5 nitrogen and oxygen atoms in total. The van der Waals surface area contributed by atoms with Crippen LogP contribution in [0.15, 0.2) is 42.6 Å². The average Bonchev–Trinajstić information content (AvgIpc) is 2.53. The van der Waals surface area contributed by atoms with E-state index in [1.165, 1.54) is 30.5 Å². The average molecular weight is 322 g/mol. The molecule has 1 atom stereocenters. The van der Waals surface area contributed by atoms with Crippen LogP contribution in [0.1, 0.15) is 27.7 Å². The minimum absolute atomic E-state index is 0.00529. The quantitative estimate of drug-likeness (QED) is 0.857. The van der Waals surface area contributed by atoms with Crippen molar-refractivity contribution in [3.8, 4) is 5.75 Å². The molecule has 122 valence electrons. The molecule has 7 heteroatoms. The number of aliphatic hydroxyl groups excluding tert-OH is 1. The number of aliphatic hydroxyl groups is 1. The molecule has 23 heavy (non-hydrogen) atoms. The molecule has 1 amide bonds. The van der Waals surface area contributed by atoms with Gasteiger partial charge in [-0.25, -0.2) is 0 Å². The van der Waals surface area contributed by atoms with E-state index in [1.807, 2.05) is 6.92 Å². The zero-order chi connectivity index (χ0) is 16.8. The molecule has 0 aliphatic carbocycles. The van der Waals surface area contributed by atoms with Gasteiger partial charge in [0, 0.05) is 18.4 Å². The highest BCUT2D eigenvalue weighted by Crippen LogP contribution is 2.19. The van der Waals surface area contributed by atoms with Crippen molar-refractivity contribution in [1.82, 2.24) is 10.3 Å². The zero-order valence-corrected chi connectivity index (χ0v) is 12.4. The van der Waals surface area contributed by atoms with Crippen LogP contribution in [0.2, 0.25) is 0 Å². The number of amides is 1. The predicted octanol–water partition coefficient (Wildman–Crippen LogP) is 2.45. The first-order chi connectivity index (χ1) is 11.0. The first-order valence-electron chi connectivity index (χ1n) is 6.89. The van der Waals surface area contributed by atoms with Crippen molar-refractivity contribution in [1.29, 1.82) is 0 Å². The Morgan fingerprint density at radius 1 is 1.26 bits per heavy atom. The number of halogens is 2. The largest absolute Gasteiger partial charge is 0.435 e. The van der Waals surface area contributed by atoms with Gasteiger partial charge in [-0.1, -0.05) is 12.1 Å². The highest BCUT2D eigenvalue weighted by atomic mass is 19.3. The van der Waals surface area contributed by atoms with E-state index in [2.05, 4.69) is 15.0 Å². The summed E-state index contributed by atoms with van der Waals surface area (Å²) >= 11 is 0. The number of aromatic nitrogens is 1. The van der Waals surface area contributed by atoms with Crippen LogP contribution in [0.4, 0.5) is 8.78 Å². The molecule has 0 aliphatic rings. The number of hydrogen-bond acceptors (Lipinski definition) is 4. The number of ether oxygens (including phenoxy) is 1. The number of carbonyl (C=O) groups is 1. The summed E-state index contributed by atoms with van der Waals surface area (Å²) < 4.78 is 28.3. The first-order valence-corrected chi connectivity index (χ1v) is 6.89. The van der Waals surface area contributed by atoms with Gasteiger partial charge in [-0.05, 0) is 36.8 Å². The number of pyridine rings is 1. The summed E-state index contributed by atoms with van der Waals surface area (Å²) in [6.45, 7) is -1.09. The minimum Gasteiger partial charge on any atom is -0.435 e. The molecule has 0 spiro atoms. The van der Waals surface area contributed by atoms with Crippen LogP contribution in [-0.4, -0.2) is 29.2 Å². The van der Waals surface area contributed by atoms with E-state index in [0.717, 1.165) is 5.69 Å². The molecule has 1 aromatic carbocycles. The van der Waals surface area contributed by atoms with Gasteiger partial charge in [0.2, 0.25) is 0 Å². The number of carbonyl (C=O) groups excluding carboxylic acids is 1. The highest BCUT2D eigenvalue weighted by molar-refractivity contribution is 5.93. The Hall–Kier alpha value is -2.54. The third kappa shape index (κ3) is 5.00. The SMILES string of the molecule is Cc1ccc(C(=O)NCC(O)c2ccc(OC(F)F)cc2)cn1. The maximum atomic E-state index is 12.1. The van der Waals surface area contributed by atoms with Crippen LogP contribution >= 0.6 is 0 Å². The first kappa shape index (κ1) is 16.8. The van der Waals surface area contributed by atoms with E-state index in [0.29, 0.717) is 11.1 Å². The fourth-order valence-electron chi connectivity index (χ4n) is 1.88. The Balaban J connectivity index is 1.90. The lowest BCUT2D eigenvalue weighted by atomic mass is 10.1. The monoisotopic (exact) mass is 322 g/mol. The second kappa shape index (κ2) is 7.64. The molecule has 2 N–H and O–H groups in total. The van der Waals surface area contributed by atoms with Crippen molar-refractivity contribution in [2.45, 2.75) is 19.6 Å². The Morgan fingerprint density at radius 2 is 1.96 bits per heavy atom. The van der Waals surface area contributed by atoms with Crippen LogP contribution < -0.4 is 10.1 Å². The van der Waals surface area contributed by atoms with Gasteiger partial charge in [0.25, 0.3) is 5.91 Å². The number of nitrogens with zero attached hydrogens (tertiary/aromatic N) is 1. The third-order valence-corrected chi connectivity index (χ3v) is 3.12. The molecule has 1 heterocycles. The number of nitrogens with one attached hydrogen (secondary N) is 1. The number of aryl methyl sites for hydroxylation is 1. The molecule has 0 fully saturated rings. The molecule has 1 unspecified atom stereocenters. The van der Waals surface area contributed by atoms with Crippen LogP contribution in [-0.2, 0) is 0 Å². The zero-order valence-electron chi connectivity index (χ0n) is 12.4. The predicted molar refractivity (Wildman–Crippen MR) is 79.3 cm³/mol. The Morgan fingerprint density at radius 3 is 2.52 bits per heavy atom. The lowest BCUT2D eigenvalue weighted by molar-refractivity contribution is -0.0498. The van der Waals surface area contributed by atoms with Gasteiger partial charge in [-0.2, -0.15) is 8.78 Å². The summed E-state index contributed by atoms with van der Waals surface area (Å²) in [5.74, 6) is -0.347. The number of benzene rings is 1. The molecule has 1 aromatic heterocycles. The lowest BCUT2D eigenvalue weighted by Crippen LogP contribution is -2.28. The smallest absolute Gasteiger partial charge is 0.387 e. The van der Waals surface area contributed by atoms with Crippen LogP contribution in [0, 0.1) is 6.92 Å².